The summed E-state index contributed by atoms with van der Waals surface area (Å²) in [4.78, 5) is 0.150. The smallest absolute Gasteiger partial charge is 0.385 e. The number of halogens is 3. The molecule has 0 saturated heterocycles. The zero-order valence-electron chi connectivity index (χ0n) is 10.6. The maximum atomic E-state index is 12.7. The molecule has 0 amide bonds. The summed E-state index contributed by atoms with van der Waals surface area (Å²) in [6.45, 7) is 0.579. The van der Waals surface area contributed by atoms with E-state index in [1.807, 2.05) is 30.3 Å². The standard InChI is InChI=1S/C12H10F3N5S/c13-12(14,15)10-17-18-11-20(10)19-9(21-11)6-7-16-8-4-2-1-3-5-8/h1-5,16H,6-7H2. The fourth-order valence-corrected chi connectivity index (χ4v) is 2.64. The van der Waals surface area contributed by atoms with Gasteiger partial charge in [0, 0.05) is 18.7 Å². The van der Waals surface area contributed by atoms with Crippen LogP contribution in [0.2, 0.25) is 0 Å². The van der Waals surface area contributed by atoms with Gasteiger partial charge in [-0.15, -0.1) is 10.2 Å². The molecule has 110 valence electrons. The zero-order valence-corrected chi connectivity index (χ0v) is 11.4. The molecule has 0 aliphatic rings. The van der Waals surface area contributed by atoms with E-state index < -0.39 is 12.0 Å². The van der Waals surface area contributed by atoms with E-state index in [1.165, 1.54) is 0 Å². The average molecular weight is 313 g/mol. The minimum Gasteiger partial charge on any atom is -0.385 e. The van der Waals surface area contributed by atoms with E-state index in [2.05, 4.69) is 20.6 Å². The summed E-state index contributed by atoms with van der Waals surface area (Å²) in [6, 6.07) is 9.55. The highest BCUT2D eigenvalue weighted by molar-refractivity contribution is 7.16. The van der Waals surface area contributed by atoms with Crippen LogP contribution in [0.25, 0.3) is 4.96 Å². The summed E-state index contributed by atoms with van der Waals surface area (Å²) in [5.74, 6) is -1.09. The first-order chi connectivity index (χ1) is 10.0. The molecule has 3 aromatic rings. The first-order valence-electron chi connectivity index (χ1n) is 6.11. The maximum absolute atomic E-state index is 12.7. The Morgan fingerprint density at radius 2 is 1.90 bits per heavy atom. The quantitative estimate of drug-likeness (QED) is 0.805. The number of alkyl halides is 3. The monoisotopic (exact) mass is 313 g/mol. The van der Waals surface area contributed by atoms with Crippen molar-refractivity contribution in [3.05, 3.63) is 41.2 Å². The van der Waals surface area contributed by atoms with Crippen LogP contribution in [0.1, 0.15) is 10.8 Å². The molecule has 1 N–H and O–H groups in total. The summed E-state index contributed by atoms with van der Waals surface area (Å²) in [5, 5.41) is 14.3. The van der Waals surface area contributed by atoms with Gasteiger partial charge < -0.3 is 5.32 Å². The molecular formula is C12H10F3N5S. The highest BCUT2D eigenvalue weighted by atomic mass is 32.1. The maximum Gasteiger partial charge on any atom is 0.453 e. The van der Waals surface area contributed by atoms with Crippen molar-refractivity contribution in [2.75, 3.05) is 11.9 Å². The number of para-hydroxylation sites is 1. The van der Waals surface area contributed by atoms with Gasteiger partial charge in [-0.3, -0.25) is 0 Å². The predicted molar refractivity (Wildman–Crippen MR) is 72.3 cm³/mol. The third-order valence-corrected chi connectivity index (χ3v) is 3.69. The van der Waals surface area contributed by atoms with Gasteiger partial charge in [-0.1, -0.05) is 29.5 Å². The van der Waals surface area contributed by atoms with Crippen LogP contribution in [0, 0.1) is 0 Å². The van der Waals surface area contributed by atoms with Gasteiger partial charge in [0.2, 0.25) is 4.96 Å². The number of benzene rings is 1. The molecule has 0 aliphatic carbocycles. The lowest BCUT2D eigenvalue weighted by Crippen LogP contribution is -2.12. The largest absolute Gasteiger partial charge is 0.453 e. The molecule has 2 heterocycles. The number of fused-ring (bicyclic) bond motifs is 1. The molecule has 0 bridgehead atoms. The third kappa shape index (κ3) is 2.97. The summed E-state index contributed by atoms with van der Waals surface area (Å²) < 4.78 is 38.7. The van der Waals surface area contributed by atoms with Gasteiger partial charge in [-0.25, -0.2) is 0 Å². The van der Waals surface area contributed by atoms with Crippen LogP contribution in [-0.2, 0) is 12.6 Å². The van der Waals surface area contributed by atoms with E-state index in [9.17, 15) is 13.2 Å². The normalized spacial score (nSPS) is 12.0. The fourth-order valence-electron chi connectivity index (χ4n) is 1.80. The molecule has 1 aromatic carbocycles. The van der Waals surface area contributed by atoms with Crippen LogP contribution in [0.5, 0.6) is 0 Å². The summed E-state index contributed by atoms with van der Waals surface area (Å²) in [5.41, 5.74) is 0.955. The van der Waals surface area contributed by atoms with Gasteiger partial charge in [0.05, 0.1) is 0 Å². The van der Waals surface area contributed by atoms with Crippen LogP contribution >= 0.6 is 11.3 Å². The molecule has 3 rings (SSSR count). The predicted octanol–water partition coefficient (Wildman–Crippen LogP) is 2.86. The van der Waals surface area contributed by atoms with Crippen molar-refractivity contribution in [1.82, 2.24) is 19.8 Å². The molecule has 5 nitrogen and oxygen atoms in total. The Kier molecular flexibility index (Phi) is 3.50. The number of hydrogen-bond acceptors (Lipinski definition) is 5. The Hall–Kier alpha value is -2.16. The van der Waals surface area contributed by atoms with E-state index in [0.717, 1.165) is 21.5 Å². The van der Waals surface area contributed by atoms with Crippen LogP contribution < -0.4 is 5.32 Å². The van der Waals surface area contributed by atoms with Gasteiger partial charge in [0.25, 0.3) is 5.82 Å². The van der Waals surface area contributed by atoms with E-state index in [0.29, 0.717) is 18.0 Å². The van der Waals surface area contributed by atoms with Crippen molar-refractivity contribution in [2.24, 2.45) is 0 Å². The Labute approximate surface area is 121 Å². The SMILES string of the molecule is FC(F)(F)c1nnc2sc(CCNc3ccccc3)nn12. The van der Waals surface area contributed by atoms with Crippen molar-refractivity contribution in [3.63, 3.8) is 0 Å². The van der Waals surface area contributed by atoms with Gasteiger partial charge in [0.15, 0.2) is 0 Å². The van der Waals surface area contributed by atoms with Crippen molar-refractivity contribution in [3.8, 4) is 0 Å². The highest BCUT2D eigenvalue weighted by Gasteiger charge is 2.38. The second kappa shape index (κ2) is 5.32. The van der Waals surface area contributed by atoms with E-state index in [4.69, 9.17) is 0 Å². The van der Waals surface area contributed by atoms with Crippen LogP contribution in [0.4, 0.5) is 18.9 Å². The van der Waals surface area contributed by atoms with Gasteiger partial charge in [-0.2, -0.15) is 22.8 Å². The van der Waals surface area contributed by atoms with E-state index >= 15 is 0 Å². The molecule has 0 radical (unpaired) electrons. The Morgan fingerprint density at radius 1 is 1.14 bits per heavy atom. The highest BCUT2D eigenvalue weighted by Crippen LogP contribution is 2.28. The second-order valence-electron chi connectivity index (χ2n) is 4.25. The molecule has 0 aliphatic heterocycles. The Morgan fingerprint density at radius 3 is 2.62 bits per heavy atom. The van der Waals surface area contributed by atoms with E-state index in [-0.39, 0.29) is 4.96 Å². The molecule has 21 heavy (non-hydrogen) atoms. The molecular weight excluding hydrogens is 303 g/mol. The fraction of sp³-hybridized carbons (Fsp3) is 0.250. The molecule has 0 unspecified atom stereocenters. The molecule has 2 aromatic heterocycles. The number of rotatable bonds is 4. The van der Waals surface area contributed by atoms with E-state index in [1.54, 1.807) is 0 Å². The molecule has 9 heteroatoms. The number of nitrogens with zero attached hydrogens (tertiary/aromatic N) is 4. The van der Waals surface area contributed by atoms with Crippen molar-refractivity contribution < 1.29 is 13.2 Å². The lowest BCUT2D eigenvalue weighted by Gasteiger charge is -2.03. The van der Waals surface area contributed by atoms with Crippen molar-refractivity contribution in [1.29, 1.82) is 0 Å². The summed E-state index contributed by atoms with van der Waals surface area (Å²) >= 11 is 1.11. The van der Waals surface area contributed by atoms with Gasteiger partial charge in [-0.05, 0) is 12.1 Å². The first kappa shape index (κ1) is 13.8. The van der Waals surface area contributed by atoms with Crippen molar-refractivity contribution >= 4 is 22.0 Å². The number of hydrogen-bond donors (Lipinski definition) is 1. The zero-order chi connectivity index (χ0) is 14.9. The van der Waals surface area contributed by atoms with Crippen LogP contribution in [0.3, 0.4) is 0 Å². The minimum absolute atomic E-state index is 0.150. The van der Waals surface area contributed by atoms with Gasteiger partial charge in [0.1, 0.15) is 5.01 Å². The minimum atomic E-state index is -4.55. The molecule has 0 atom stereocenters. The summed E-state index contributed by atoms with van der Waals surface area (Å²) in [7, 11) is 0. The molecule has 0 saturated carbocycles. The number of anilines is 1. The Balaban J connectivity index is 1.69. The first-order valence-corrected chi connectivity index (χ1v) is 6.93. The second-order valence-corrected chi connectivity index (χ2v) is 5.29. The Bertz CT molecular complexity index is 734. The molecule has 0 fully saturated rings. The van der Waals surface area contributed by atoms with Crippen LogP contribution in [0.15, 0.2) is 30.3 Å². The molecule has 0 spiro atoms. The average Bonchev–Trinajstić information content (AvgIpc) is 2.98. The lowest BCUT2D eigenvalue weighted by atomic mass is 10.3. The van der Waals surface area contributed by atoms with Crippen molar-refractivity contribution in [2.45, 2.75) is 12.6 Å². The number of nitrogens with one attached hydrogen (secondary N) is 1. The summed E-state index contributed by atoms with van der Waals surface area (Å²) in [6.07, 6.45) is -4.03. The third-order valence-electron chi connectivity index (χ3n) is 2.73. The topological polar surface area (TPSA) is 55.1 Å². The van der Waals surface area contributed by atoms with Gasteiger partial charge >= 0.3 is 6.18 Å². The number of aromatic nitrogens is 4. The lowest BCUT2D eigenvalue weighted by molar-refractivity contribution is -0.146. The van der Waals surface area contributed by atoms with Crippen LogP contribution in [-0.4, -0.2) is 26.4 Å².